The summed E-state index contributed by atoms with van der Waals surface area (Å²) in [5, 5.41) is 2.70. The van der Waals surface area contributed by atoms with Crippen molar-refractivity contribution < 1.29 is 21.6 Å². The topological polar surface area (TPSA) is 58.2 Å². The van der Waals surface area contributed by atoms with Crippen LogP contribution in [0.1, 0.15) is 18.9 Å². The van der Waals surface area contributed by atoms with E-state index in [0.717, 1.165) is 6.07 Å². The smallest absolute Gasteiger partial charge is 0.316 e. The molecule has 4 nitrogen and oxygen atoms in total. The quantitative estimate of drug-likeness (QED) is 0.875. The summed E-state index contributed by atoms with van der Waals surface area (Å²) in [7, 11) is -3.96. The van der Waals surface area contributed by atoms with Crippen LogP contribution in [0.5, 0.6) is 0 Å². The van der Waals surface area contributed by atoms with E-state index in [-0.39, 0.29) is 16.9 Å². The molecule has 0 saturated carbocycles. The first-order valence-electron chi connectivity index (χ1n) is 6.71. The zero-order valence-corrected chi connectivity index (χ0v) is 13.3. The standard InChI is InChI=1S/C13H16ClF3N2O2S/c1-8-7-18-5-4-11(8)19-22(20,21)12-3-2-9(6-10(12)14)13(15,16)17/h2-3,6,8,11,18-19H,4-5,7H2,1H3. The van der Waals surface area contributed by atoms with Crippen LogP contribution in [0.4, 0.5) is 13.2 Å². The van der Waals surface area contributed by atoms with Gasteiger partial charge < -0.3 is 5.32 Å². The van der Waals surface area contributed by atoms with E-state index in [9.17, 15) is 21.6 Å². The Morgan fingerprint density at radius 1 is 1.36 bits per heavy atom. The molecule has 0 radical (unpaired) electrons. The highest BCUT2D eigenvalue weighted by Gasteiger charge is 2.33. The summed E-state index contributed by atoms with van der Waals surface area (Å²) >= 11 is 5.74. The average Bonchev–Trinajstić information content (AvgIpc) is 2.40. The zero-order valence-electron chi connectivity index (χ0n) is 11.7. The number of piperidine rings is 1. The molecule has 2 N–H and O–H groups in total. The SMILES string of the molecule is CC1CNCCC1NS(=O)(=O)c1ccc(C(F)(F)F)cc1Cl. The molecule has 124 valence electrons. The number of rotatable bonds is 3. The number of halogens is 4. The average molecular weight is 357 g/mol. The maximum atomic E-state index is 12.6. The Bertz CT molecular complexity index is 649. The normalized spacial score (nSPS) is 23.5. The highest BCUT2D eigenvalue weighted by Crippen LogP contribution is 2.33. The maximum Gasteiger partial charge on any atom is 0.416 e. The molecule has 9 heteroatoms. The molecule has 0 spiro atoms. The van der Waals surface area contributed by atoms with E-state index in [0.29, 0.717) is 31.6 Å². The van der Waals surface area contributed by atoms with Crippen molar-refractivity contribution >= 4 is 21.6 Å². The predicted molar refractivity (Wildman–Crippen MR) is 77.2 cm³/mol. The Morgan fingerprint density at radius 3 is 2.59 bits per heavy atom. The van der Waals surface area contributed by atoms with Crippen molar-refractivity contribution in [1.82, 2.24) is 10.0 Å². The largest absolute Gasteiger partial charge is 0.416 e. The first kappa shape index (κ1) is 17.5. The highest BCUT2D eigenvalue weighted by atomic mass is 35.5. The lowest BCUT2D eigenvalue weighted by atomic mass is 9.97. The van der Waals surface area contributed by atoms with Crippen LogP contribution in [0.25, 0.3) is 0 Å². The van der Waals surface area contributed by atoms with Gasteiger partial charge in [0.05, 0.1) is 10.6 Å². The molecule has 2 unspecified atom stereocenters. The molecule has 1 aromatic carbocycles. The number of sulfonamides is 1. The van der Waals surface area contributed by atoms with Crippen LogP contribution < -0.4 is 10.0 Å². The fourth-order valence-electron chi connectivity index (χ4n) is 2.35. The van der Waals surface area contributed by atoms with Gasteiger partial charge in [-0.3, -0.25) is 0 Å². The molecule has 2 rings (SSSR count). The monoisotopic (exact) mass is 356 g/mol. The number of hydrogen-bond donors (Lipinski definition) is 2. The summed E-state index contributed by atoms with van der Waals surface area (Å²) in [6.07, 6.45) is -3.96. The first-order valence-corrected chi connectivity index (χ1v) is 8.57. The van der Waals surface area contributed by atoms with Gasteiger partial charge in [-0.1, -0.05) is 18.5 Å². The van der Waals surface area contributed by atoms with Gasteiger partial charge in [-0.2, -0.15) is 13.2 Å². The molecule has 1 heterocycles. The minimum absolute atomic E-state index is 0.0803. The van der Waals surface area contributed by atoms with E-state index in [1.165, 1.54) is 0 Å². The fraction of sp³-hybridized carbons (Fsp3) is 0.538. The summed E-state index contributed by atoms with van der Waals surface area (Å²) in [5.41, 5.74) is -0.980. The van der Waals surface area contributed by atoms with Crippen LogP contribution in [0.2, 0.25) is 5.02 Å². The zero-order chi connectivity index (χ0) is 16.5. The van der Waals surface area contributed by atoms with Gasteiger partial charge in [0.2, 0.25) is 10.0 Å². The second-order valence-electron chi connectivity index (χ2n) is 5.34. The maximum absolute atomic E-state index is 12.6. The molecular formula is C13H16ClF3N2O2S. The van der Waals surface area contributed by atoms with Crippen LogP contribution in [-0.2, 0) is 16.2 Å². The lowest BCUT2D eigenvalue weighted by molar-refractivity contribution is -0.137. The van der Waals surface area contributed by atoms with E-state index >= 15 is 0 Å². The Balaban J connectivity index is 2.26. The van der Waals surface area contributed by atoms with Gasteiger partial charge in [0.1, 0.15) is 4.90 Å². The van der Waals surface area contributed by atoms with Gasteiger partial charge in [-0.15, -0.1) is 0 Å². The van der Waals surface area contributed by atoms with Gasteiger partial charge in [0.15, 0.2) is 0 Å². The van der Waals surface area contributed by atoms with E-state index < -0.39 is 26.8 Å². The van der Waals surface area contributed by atoms with Crippen molar-refractivity contribution in [3.8, 4) is 0 Å². The minimum atomic E-state index is -4.57. The molecule has 1 aliphatic rings. The van der Waals surface area contributed by atoms with E-state index in [2.05, 4.69) is 10.0 Å². The molecule has 1 saturated heterocycles. The number of nitrogens with one attached hydrogen (secondary N) is 2. The van der Waals surface area contributed by atoms with Crippen molar-refractivity contribution in [1.29, 1.82) is 0 Å². The second kappa shape index (κ2) is 6.35. The summed E-state index contributed by atoms with van der Waals surface area (Å²) in [6.45, 7) is 3.25. The third-order valence-electron chi connectivity index (χ3n) is 3.64. The van der Waals surface area contributed by atoms with Crippen LogP contribution in [0.3, 0.4) is 0 Å². The van der Waals surface area contributed by atoms with Gasteiger partial charge in [0, 0.05) is 6.04 Å². The van der Waals surface area contributed by atoms with Crippen molar-refractivity contribution in [3.05, 3.63) is 28.8 Å². The molecule has 1 fully saturated rings. The van der Waals surface area contributed by atoms with Crippen LogP contribution >= 0.6 is 11.6 Å². The van der Waals surface area contributed by atoms with Crippen LogP contribution in [0.15, 0.2) is 23.1 Å². The second-order valence-corrected chi connectivity index (χ2v) is 7.43. The Labute approximate surface area is 132 Å². The Morgan fingerprint density at radius 2 is 2.05 bits per heavy atom. The van der Waals surface area contributed by atoms with Gasteiger partial charge in [0.25, 0.3) is 0 Å². The minimum Gasteiger partial charge on any atom is -0.316 e. The van der Waals surface area contributed by atoms with Crippen molar-refractivity contribution in [3.63, 3.8) is 0 Å². The summed E-state index contributed by atoms with van der Waals surface area (Å²) < 4.78 is 65.0. The molecule has 0 bridgehead atoms. The molecule has 2 atom stereocenters. The molecule has 1 aliphatic heterocycles. The predicted octanol–water partition coefficient (Wildman–Crippen LogP) is 2.64. The van der Waals surface area contributed by atoms with Crippen molar-refractivity contribution in [2.75, 3.05) is 13.1 Å². The Hall–Kier alpha value is -0.830. The third kappa shape index (κ3) is 3.92. The van der Waals surface area contributed by atoms with Crippen LogP contribution in [0, 0.1) is 5.92 Å². The van der Waals surface area contributed by atoms with Crippen molar-refractivity contribution in [2.24, 2.45) is 5.92 Å². The van der Waals surface area contributed by atoms with E-state index in [1.54, 1.807) is 0 Å². The summed E-state index contributed by atoms with van der Waals surface area (Å²) in [5.74, 6) is 0.0803. The third-order valence-corrected chi connectivity index (χ3v) is 5.61. The molecule has 0 aromatic heterocycles. The van der Waals surface area contributed by atoms with Gasteiger partial charge >= 0.3 is 6.18 Å². The van der Waals surface area contributed by atoms with E-state index in [4.69, 9.17) is 11.6 Å². The number of alkyl halides is 3. The Kier molecular flexibility index (Phi) is 5.06. The fourth-order valence-corrected chi connectivity index (χ4v) is 4.27. The summed E-state index contributed by atoms with van der Waals surface area (Å²) in [4.78, 5) is -0.340. The van der Waals surface area contributed by atoms with Gasteiger partial charge in [-0.25, -0.2) is 13.1 Å². The number of benzene rings is 1. The number of hydrogen-bond acceptors (Lipinski definition) is 3. The van der Waals surface area contributed by atoms with Crippen molar-refractivity contribution in [2.45, 2.75) is 30.5 Å². The molecule has 0 amide bonds. The molecule has 0 aliphatic carbocycles. The molecular weight excluding hydrogens is 341 g/mol. The highest BCUT2D eigenvalue weighted by molar-refractivity contribution is 7.89. The van der Waals surface area contributed by atoms with Gasteiger partial charge in [-0.05, 0) is 43.6 Å². The lowest BCUT2D eigenvalue weighted by Gasteiger charge is -2.30. The first-order chi connectivity index (χ1) is 10.1. The van der Waals surface area contributed by atoms with E-state index in [1.807, 2.05) is 6.92 Å². The molecule has 22 heavy (non-hydrogen) atoms. The van der Waals surface area contributed by atoms with Crippen LogP contribution in [-0.4, -0.2) is 27.5 Å². The summed E-state index contributed by atoms with van der Waals surface area (Å²) in [6, 6.07) is 1.96. The lowest BCUT2D eigenvalue weighted by Crippen LogP contribution is -2.48. The molecule has 1 aromatic rings.